The van der Waals surface area contributed by atoms with Crippen LogP contribution in [0, 0.1) is 0 Å². The highest BCUT2D eigenvalue weighted by molar-refractivity contribution is 7.32. The summed E-state index contributed by atoms with van der Waals surface area (Å²) >= 11 is 7.14. The van der Waals surface area contributed by atoms with E-state index < -0.39 is 7.38 Å². The highest BCUT2D eigenvalue weighted by Crippen LogP contribution is 2.43. The van der Waals surface area contributed by atoms with Gasteiger partial charge < -0.3 is 0 Å². The summed E-state index contributed by atoms with van der Waals surface area (Å²) in [7, 11) is -2.33. The number of benzene rings is 1. The molecule has 0 fully saturated rings. The first kappa shape index (κ1) is 15.0. The van der Waals surface area contributed by atoms with Gasteiger partial charge in [0.15, 0.2) is 0 Å². The van der Waals surface area contributed by atoms with Gasteiger partial charge >= 0.3 is 0 Å². The van der Waals surface area contributed by atoms with Crippen LogP contribution in [0.5, 0.6) is 0 Å². The van der Waals surface area contributed by atoms with Gasteiger partial charge in [0.1, 0.15) is 0 Å². The Balaban J connectivity index is 3.51. The topological polar surface area (TPSA) is 0 Å². The van der Waals surface area contributed by atoms with Crippen LogP contribution in [0.15, 0.2) is 66.9 Å². The number of rotatable bonds is 4. The first-order valence-corrected chi connectivity index (χ1v) is 9.09. The lowest BCUT2D eigenvalue weighted by molar-refractivity contribution is 0.742. The van der Waals surface area contributed by atoms with Crippen LogP contribution in [0.2, 0.25) is 5.04 Å². The molecule has 0 aliphatic carbocycles. The molecule has 0 bridgehead atoms. The van der Waals surface area contributed by atoms with Crippen molar-refractivity contribution in [3.8, 4) is 0 Å². The molecule has 0 N–H and O–H groups in total. The van der Waals surface area contributed by atoms with Gasteiger partial charge in [-0.25, -0.2) is 0 Å². The van der Waals surface area contributed by atoms with E-state index in [-0.39, 0.29) is 5.04 Å². The average molecular weight is 277 g/mol. The number of hydrogen-bond acceptors (Lipinski definition) is 0. The molecule has 0 amide bonds. The minimum atomic E-state index is -2.33. The largest absolute Gasteiger partial charge is 0.222 e. The Morgan fingerprint density at radius 1 is 1.17 bits per heavy atom. The van der Waals surface area contributed by atoms with E-state index in [9.17, 15) is 0 Å². The maximum absolute atomic E-state index is 7.14. The average Bonchev–Trinajstić information content (AvgIpc) is 2.34. The zero-order chi connectivity index (χ0) is 13.8. The van der Waals surface area contributed by atoms with Crippen LogP contribution in [0.3, 0.4) is 0 Å². The van der Waals surface area contributed by atoms with Crippen LogP contribution in [-0.4, -0.2) is 7.38 Å². The molecular weight excluding hydrogens is 256 g/mol. The third-order valence-electron chi connectivity index (χ3n) is 3.12. The zero-order valence-corrected chi connectivity index (χ0v) is 13.2. The van der Waals surface area contributed by atoms with Crippen LogP contribution >= 0.6 is 11.1 Å². The molecule has 1 atom stereocenters. The summed E-state index contributed by atoms with van der Waals surface area (Å²) in [6, 6.07) is 10.3. The Morgan fingerprint density at radius 3 is 2.11 bits per heavy atom. The van der Waals surface area contributed by atoms with Crippen molar-refractivity contribution in [2.45, 2.75) is 25.8 Å². The minimum absolute atomic E-state index is 0.00105. The van der Waals surface area contributed by atoms with Gasteiger partial charge in [-0.2, -0.15) is 11.1 Å². The molecule has 0 saturated heterocycles. The van der Waals surface area contributed by atoms with Gasteiger partial charge in [-0.05, 0) is 15.4 Å². The second-order valence-corrected chi connectivity index (χ2v) is 11.0. The maximum atomic E-state index is 7.14. The third-order valence-corrected chi connectivity index (χ3v) is 10.5. The maximum Gasteiger partial charge on any atom is 0.222 e. The zero-order valence-electron chi connectivity index (χ0n) is 11.4. The van der Waals surface area contributed by atoms with E-state index in [0.717, 1.165) is 5.20 Å². The van der Waals surface area contributed by atoms with Crippen molar-refractivity contribution in [1.82, 2.24) is 0 Å². The fourth-order valence-electron chi connectivity index (χ4n) is 2.15. The van der Waals surface area contributed by atoms with E-state index in [1.54, 1.807) is 6.08 Å². The molecule has 0 spiro atoms. The summed E-state index contributed by atoms with van der Waals surface area (Å²) < 4.78 is 0. The van der Waals surface area contributed by atoms with Gasteiger partial charge in [-0.3, -0.25) is 0 Å². The predicted octanol–water partition coefficient (Wildman–Crippen LogP) is 4.72. The van der Waals surface area contributed by atoms with E-state index in [2.05, 4.69) is 46.1 Å². The molecule has 1 unspecified atom stereocenters. The fraction of sp³-hybridized carbons (Fsp3) is 0.250. The van der Waals surface area contributed by atoms with Crippen molar-refractivity contribution in [1.29, 1.82) is 0 Å². The van der Waals surface area contributed by atoms with Gasteiger partial charge in [0.25, 0.3) is 0 Å². The summed E-state index contributed by atoms with van der Waals surface area (Å²) in [5, 5.41) is 2.32. The van der Waals surface area contributed by atoms with Crippen LogP contribution in [0.1, 0.15) is 20.8 Å². The second-order valence-electron chi connectivity index (χ2n) is 5.34. The Bertz CT molecular complexity index is 454. The molecule has 1 rings (SSSR count). The highest BCUT2D eigenvalue weighted by atomic mass is 35.6. The van der Waals surface area contributed by atoms with Crippen molar-refractivity contribution >= 4 is 23.6 Å². The molecule has 0 aliphatic rings. The minimum Gasteiger partial charge on any atom is -0.154 e. The van der Waals surface area contributed by atoms with Crippen LogP contribution in [0.4, 0.5) is 0 Å². The standard InChI is InChI=1S/C16H21ClSi/c1-6-11-14(7-2)18(17,16(3,4)5)15-12-9-8-10-13-15/h6-13H,1-2H2,3-5H3/b14-11+. The lowest BCUT2D eigenvalue weighted by atomic mass is 10.2. The van der Waals surface area contributed by atoms with Crippen molar-refractivity contribution in [3.63, 3.8) is 0 Å². The van der Waals surface area contributed by atoms with Gasteiger partial charge in [-0.1, -0.05) is 82.5 Å². The van der Waals surface area contributed by atoms with E-state index >= 15 is 0 Å². The van der Waals surface area contributed by atoms with Crippen molar-refractivity contribution in [2.75, 3.05) is 0 Å². The summed E-state index contributed by atoms with van der Waals surface area (Å²) in [5.41, 5.74) is 0. The first-order chi connectivity index (χ1) is 8.37. The highest BCUT2D eigenvalue weighted by Gasteiger charge is 2.46. The molecule has 1 aromatic carbocycles. The summed E-state index contributed by atoms with van der Waals surface area (Å²) in [5.74, 6) is 0. The fourth-order valence-corrected chi connectivity index (χ4v) is 6.30. The van der Waals surface area contributed by atoms with Crippen LogP contribution in [0.25, 0.3) is 0 Å². The lowest BCUT2D eigenvalue weighted by Gasteiger charge is -2.38. The normalized spacial score (nSPS) is 15.9. The number of allylic oxidation sites excluding steroid dienone is 4. The molecule has 2 heteroatoms. The van der Waals surface area contributed by atoms with Crippen molar-refractivity contribution < 1.29 is 0 Å². The molecule has 0 nitrogen and oxygen atoms in total. The molecule has 0 aliphatic heterocycles. The SMILES string of the molecule is C=C/C=C(\C=C)[Si](Cl)(c1ccccc1)C(C)(C)C. The molecule has 0 heterocycles. The van der Waals surface area contributed by atoms with Crippen LogP contribution < -0.4 is 5.19 Å². The summed E-state index contributed by atoms with van der Waals surface area (Å²) in [6.07, 6.45) is 5.65. The predicted molar refractivity (Wildman–Crippen MR) is 85.9 cm³/mol. The monoisotopic (exact) mass is 276 g/mol. The van der Waals surface area contributed by atoms with Gasteiger partial charge in [0.05, 0.1) is 0 Å². The van der Waals surface area contributed by atoms with Gasteiger partial charge in [0.2, 0.25) is 7.38 Å². The van der Waals surface area contributed by atoms with Gasteiger partial charge in [0, 0.05) is 0 Å². The Labute approximate surface area is 116 Å². The molecule has 1 aromatic rings. The van der Waals surface area contributed by atoms with E-state index in [4.69, 9.17) is 11.1 Å². The van der Waals surface area contributed by atoms with Gasteiger partial charge in [-0.15, -0.1) is 0 Å². The molecule has 0 radical (unpaired) electrons. The first-order valence-electron chi connectivity index (χ1n) is 6.08. The third kappa shape index (κ3) is 2.68. The molecule has 96 valence electrons. The summed E-state index contributed by atoms with van der Waals surface area (Å²) in [6.45, 7) is 14.3. The van der Waals surface area contributed by atoms with E-state index in [1.807, 2.05) is 30.4 Å². The summed E-state index contributed by atoms with van der Waals surface area (Å²) in [4.78, 5) is 0. The molecule has 18 heavy (non-hydrogen) atoms. The Hall–Kier alpha value is -1.05. The van der Waals surface area contributed by atoms with Crippen LogP contribution in [-0.2, 0) is 0 Å². The van der Waals surface area contributed by atoms with E-state index in [1.165, 1.54) is 5.19 Å². The van der Waals surface area contributed by atoms with Crippen molar-refractivity contribution in [3.05, 3.63) is 66.9 Å². The smallest absolute Gasteiger partial charge is 0.154 e. The van der Waals surface area contributed by atoms with E-state index in [0.29, 0.717) is 0 Å². The Kier molecular flexibility index (Phi) is 4.77. The quantitative estimate of drug-likeness (QED) is 0.424. The second kappa shape index (κ2) is 5.72. The Morgan fingerprint density at radius 2 is 1.72 bits per heavy atom. The number of hydrogen-bond donors (Lipinski definition) is 0. The molecular formula is C16H21ClSi. The lowest BCUT2D eigenvalue weighted by Crippen LogP contribution is -2.51. The molecule has 0 saturated carbocycles. The number of halogens is 1. The molecule has 0 aromatic heterocycles. The van der Waals surface area contributed by atoms with Crippen molar-refractivity contribution in [2.24, 2.45) is 0 Å².